The Morgan fingerprint density at radius 2 is 2.42 bits per heavy atom. The van der Waals surface area contributed by atoms with Gasteiger partial charge in [-0.25, -0.2) is 10.8 Å². The topological polar surface area (TPSA) is 93.4 Å². The summed E-state index contributed by atoms with van der Waals surface area (Å²) in [6.45, 7) is 5.12. The van der Waals surface area contributed by atoms with E-state index in [9.17, 15) is 4.79 Å². The summed E-state index contributed by atoms with van der Waals surface area (Å²) in [4.78, 5) is 22.4. The van der Waals surface area contributed by atoms with Crippen molar-refractivity contribution in [2.75, 3.05) is 18.6 Å². The van der Waals surface area contributed by atoms with Gasteiger partial charge in [0.25, 0.3) is 5.91 Å². The second-order valence-electron chi connectivity index (χ2n) is 4.60. The maximum Gasteiger partial charge on any atom is 0.274 e. The van der Waals surface area contributed by atoms with Crippen molar-refractivity contribution in [2.24, 2.45) is 5.84 Å². The molecule has 0 saturated carbocycles. The lowest BCUT2D eigenvalue weighted by Crippen LogP contribution is -2.51. The molecular formula is C12H19N5O2. The molecule has 1 fully saturated rings. The monoisotopic (exact) mass is 265 g/mol. The van der Waals surface area contributed by atoms with Crippen LogP contribution in [0.15, 0.2) is 12.4 Å². The standard InChI is InChI=1S/C12H19N5O2/c1-3-9-7-19-8(2)6-17(9)12(18)10-4-14-5-11(15-10)16-13/h4-5,8-9H,3,6-7,13H2,1-2H3,(H,15,16). The Hall–Kier alpha value is -1.73. The first-order valence-corrected chi connectivity index (χ1v) is 6.37. The van der Waals surface area contributed by atoms with E-state index in [0.717, 1.165) is 6.42 Å². The number of nitrogens with two attached hydrogens (primary N) is 1. The molecule has 1 aromatic rings. The van der Waals surface area contributed by atoms with Gasteiger partial charge in [0, 0.05) is 6.54 Å². The van der Waals surface area contributed by atoms with Gasteiger partial charge in [0.15, 0.2) is 5.82 Å². The summed E-state index contributed by atoms with van der Waals surface area (Å²) >= 11 is 0. The van der Waals surface area contributed by atoms with E-state index in [4.69, 9.17) is 10.6 Å². The number of aromatic nitrogens is 2. The summed E-state index contributed by atoms with van der Waals surface area (Å²) in [5, 5.41) is 0. The molecule has 2 atom stereocenters. The Kier molecular flexibility index (Phi) is 4.28. The number of nitrogens with one attached hydrogen (secondary N) is 1. The van der Waals surface area contributed by atoms with Crippen LogP contribution >= 0.6 is 0 Å². The minimum atomic E-state index is -0.133. The first-order chi connectivity index (χ1) is 9.15. The van der Waals surface area contributed by atoms with E-state index in [1.807, 2.05) is 13.8 Å². The zero-order valence-corrected chi connectivity index (χ0v) is 11.2. The van der Waals surface area contributed by atoms with E-state index in [1.54, 1.807) is 4.90 Å². The van der Waals surface area contributed by atoms with Crippen LogP contribution in [-0.2, 0) is 4.74 Å². The molecule has 0 aromatic carbocycles. The maximum absolute atomic E-state index is 12.5. The molecule has 104 valence electrons. The summed E-state index contributed by atoms with van der Waals surface area (Å²) in [5.41, 5.74) is 2.68. The predicted octanol–water partition coefficient (Wildman–Crippen LogP) is 0.402. The van der Waals surface area contributed by atoms with E-state index in [0.29, 0.717) is 24.7 Å². The normalized spacial score (nSPS) is 23.2. The van der Waals surface area contributed by atoms with Crippen molar-refractivity contribution in [3.05, 3.63) is 18.1 Å². The van der Waals surface area contributed by atoms with Gasteiger partial charge >= 0.3 is 0 Å². The van der Waals surface area contributed by atoms with Crippen molar-refractivity contribution in [1.82, 2.24) is 14.9 Å². The van der Waals surface area contributed by atoms with Crippen LogP contribution in [0, 0.1) is 0 Å². The van der Waals surface area contributed by atoms with Crippen molar-refractivity contribution >= 4 is 11.7 Å². The zero-order chi connectivity index (χ0) is 13.8. The Labute approximate surface area is 112 Å². The van der Waals surface area contributed by atoms with E-state index >= 15 is 0 Å². The van der Waals surface area contributed by atoms with E-state index in [-0.39, 0.29) is 18.1 Å². The van der Waals surface area contributed by atoms with Gasteiger partial charge in [-0.15, -0.1) is 0 Å². The van der Waals surface area contributed by atoms with E-state index < -0.39 is 0 Å². The Morgan fingerprint density at radius 3 is 3.11 bits per heavy atom. The second-order valence-corrected chi connectivity index (χ2v) is 4.60. The lowest BCUT2D eigenvalue weighted by atomic mass is 10.1. The molecule has 7 nitrogen and oxygen atoms in total. The molecular weight excluding hydrogens is 246 g/mol. The van der Waals surface area contributed by atoms with Gasteiger partial charge < -0.3 is 15.1 Å². The largest absolute Gasteiger partial charge is 0.375 e. The number of carbonyl (C=O) groups excluding carboxylic acids is 1. The van der Waals surface area contributed by atoms with Gasteiger partial charge in [-0.1, -0.05) is 6.92 Å². The zero-order valence-electron chi connectivity index (χ0n) is 11.2. The Morgan fingerprint density at radius 1 is 1.63 bits per heavy atom. The van der Waals surface area contributed by atoms with Crippen LogP contribution in [0.25, 0.3) is 0 Å². The number of nitrogens with zero attached hydrogens (tertiary/aromatic N) is 3. The van der Waals surface area contributed by atoms with Crippen molar-refractivity contribution in [2.45, 2.75) is 32.4 Å². The number of nitrogen functional groups attached to an aromatic ring is 1. The molecule has 3 N–H and O–H groups in total. The molecule has 2 rings (SSSR count). The van der Waals surface area contributed by atoms with Crippen molar-refractivity contribution in [3.8, 4) is 0 Å². The lowest BCUT2D eigenvalue weighted by Gasteiger charge is -2.38. The average Bonchev–Trinajstić information content (AvgIpc) is 2.46. The van der Waals surface area contributed by atoms with Crippen LogP contribution in [0.3, 0.4) is 0 Å². The molecule has 7 heteroatoms. The summed E-state index contributed by atoms with van der Waals surface area (Å²) in [6.07, 6.45) is 3.81. The quantitative estimate of drug-likeness (QED) is 0.607. The summed E-state index contributed by atoms with van der Waals surface area (Å²) in [7, 11) is 0. The lowest BCUT2D eigenvalue weighted by molar-refractivity contribution is -0.0446. The van der Waals surface area contributed by atoms with Gasteiger partial charge in [-0.05, 0) is 13.3 Å². The summed E-state index contributed by atoms with van der Waals surface area (Å²) < 4.78 is 5.58. The maximum atomic E-state index is 12.5. The van der Waals surface area contributed by atoms with Gasteiger partial charge in [0.2, 0.25) is 0 Å². The Bertz CT molecular complexity index is 454. The minimum absolute atomic E-state index is 0.0375. The average molecular weight is 265 g/mol. The molecule has 2 heterocycles. The van der Waals surface area contributed by atoms with E-state index in [1.165, 1.54) is 12.4 Å². The fourth-order valence-corrected chi connectivity index (χ4v) is 2.12. The first kappa shape index (κ1) is 13.7. The second kappa shape index (κ2) is 5.94. The van der Waals surface area contributed by atoms with Crippen molar-refractivity contribution < 1.29 is 9.53 Å². The molecule has 0 spiro atoms. The fraction of sp³-hybridized carbons (Fsp3) is 0.583. The third-order valence-electron chi connectivity index (χ3n) is 3.20. The molecule has 0 aliphatic carbocycles. The van der Waals surface area contributed by atoms with Gasteiger partial charge in [0.05, 0.1) is 31.1 Å². The van der Waals surface area contributed by atoms with Crippen LogP contribution in [-0.4, -0.2) is 46.1 Å². The van der Waals surface area contributed by atoms with Crippen LogP contribution < -0.4 is 11.3 Å². The number of hydrazine groups is 1. The van der Waals surface area contributed by atoms with Crippen LogP contribution in [0.2, 0.25) is 0 Å². The van der Waals surface area contributed by atoms with Crippen molar-refractivity contribution in [1.29, 1.82) is 0 Å². The minimum Gasteiger partial charge on any atom is -0.375 e. The highest BCUT2D eigenvalue weighted by molar-refractivity contribution is 5.92. The number of rotatable bonds is 3. The van der Waals surface area contributed by atoms with Crippen molar-refractivity contribution in [3.63, 3.8) is 0 Å². The van der Waals surface area contributed by atoms with Crippen LogP contribution in [0.5, 0.6) is 0 Å². The van der Waals surface area contributed by atoms with E-state index in [2.05, 4.69) is 15.4 Å². The number of amides is 1. The Balaban J connectivity index is 2.20. The molecule has 1 amide bonds. The third kappa shape index (κ3) is 2.99. The summed E-state index contributed by atoms with van der Waals surface area (Å²) in [5.74, 6) is 5.52. The number of carbonyl (C=O) groups is 1. The molecule has 1 saturated heterocycles. The van der Waals surface area contributed by atoms with Gasteiger partial charge in [-0.2, -0.15) is 0 Å². The molecule has 1 aromatic heterocycles. The first-order valence-electron chi connectivity index (χ1n) is 6.37. The SMILES string of the molecule is CCC1COC(C)CN1C(=O)c1cncc(NN)n1. The number of morpholine rings is 1. The molecule has 2 unspecified atom stereocenters. The number of anilines is 1. The van der Waals surface area contributed by atoms with Gasteiger partial charge in [0.1, 0.15) is 5.69 Å². The fourth-order valence-electron chi connectivity index (χ4n) is 2.12. The number of hydrogen-bond acceptors (Lipinski definition) is 6. The van der Waals surface area contributed by atoms with Gasteiger partial charge in [-0.3, -0.25) is 9.78 Å². The predicted molar refractivity (Wildman–Crippen MR) is 70.4 cm³/mol. The number of hydrogen-bond donors (Lipinski definition) is 2. The molecule has 1 aliphatic rings. The smallest absolute Gasteiger partial charge is 0.274 e. The highest BCUT2D eigenvalue weighted by atomic mass is 16.5. The van der Waals surface area contributed by atoms with Crippen LogP contribution in [0.4, 0.5) is 5.82 Å². The molecule has 0 radical (unpaired) electrons. The molecule has 0 bridgehead atoms. The number of ether oxygens (including phenoxy) is 1. The third-order valence-corrected chi connectivity index (χ3v) is 3.20. The highest BCUT2D eigenvalue weighted by Gasteiger charge is 2.30. The highest BCUT2D eigenvalue weighted by Crippen LogP contribution is 2.17. The van der Waals surface area contributed by atoms with Crippen LogP contribution in [0.1, 0.15) is 30.8 Å². The summed E-state index contributed by atoms with van der Waals surface area (Å²) in [6, 6.07) is 0.0833. The molecule has 1 aliphatic heterocycles. The molecule has 19 heavy (non-hydrogen) atoms.